The highest BCUT2D eigenvalue weighted by molar-refractivity contribution is 8.13. The first-order valence-corrected chi connectivity index (χ1v) is 25.3. The Bertz CT molecular complexity index is 853. The van der Waals surface area contributed by atoms with Gasteiger partial charge in [0.05, 0.1) is 40.5 Å². The first-order chi connectivity index (χ1) is 30.4. The van der Waals surface area contributed by atoms with Gasteiger partial charge in [0.2, 0.25) is 0 Å². The van der Waals surface area contributed by atoms with Crippen LogP contribution in [0.5, 0.6) is 0 Å². The second kappa shape index (κ2) is 90.9. The van der Waals surface area contributed by atoms with Gasteiger partial charge in [-0.1, -0.05) is 121 Å². The number of esters is 3. The van der Waals surface area contributed by atoms with Crippen molar-refractivity contribution in [1.29, 1.82) is 0 Å². The zero-order chi connectivity index (χ0) is 52.3. The molecular formula is C48H102O14S2. The molecule has 0 aromatic carbocycles. The van der Waals surface area contributed by atoms with Crippen LogP contribution in [0.15, 0.2) is 0 Å². The monoisotopic (exact) mass is 967 g/mol. The minimum absolute atomic E-state index is 0.116. The summed E-state index contributed by atoms with van der Waals surface area (Å²) in [5.41, 5.74) is 0. The SMILES string of the molecule is CCC.CCC(=O)OC.CCCC(=O)CC.CCCC(=O)CCC.CCCC(=O)OC.CCCCC.CCOC.CCOC(=O)OCC.CCSC(=O)CC(=O)OC.CCSCOC. The molecule has 0 amide bonds. The van der Waals surface area contributed by atoms with Gasteiger partial charge < -0.3 is 33.2 Å². The number of hydrogen-bond acceptors (Lipinski definition) is 16. The highest BCUT2D eigenvalue weighted by atomic mass is 32.2. The Morgan fingerprint density at radius 2 is 0.812 bits per heavy atom. The lowest BCUT2D eigenvalue weighted by Gasteiger charge is -1.98. The predicted molar refractivity (Wildman–Crippen MR) is 271 cm³/mol. The second-order valence-electron chi connectivity index (χ2n) is 12.1. The molecule has 0 saturated heterocycles. The Kier molecular flexibility index (Phi) is 120. The average molecular weight is 967 g/mol. The minimum atomic E-state index is -0.588. The number of carbonyl (C=O) groups is 7. The normalized spacial score (nSPS) is 8.44. The molecule has 14 nitrogen and oxygen atoms in total. The number of hydrogen-bond donors (Lipinski definition) is 0. The van der Waals surface area contributed by atoms with Crippen LogP contribution in [-0.2, 0) is 61.9 Å². The molecule has 0 aromatic heterocycles. The third-order valence-electron chi connectivity index (χ3n) is 5.93. The lowest BCUT2D eigenvalue weighted by molar-refractivity contribution is -0.142. The maximum absolute atomic E-state index is 10.7. The van der Waals surface area contributed by atoms with Crippen molar-refractivity contribution < 1.29 is 66.7 Å². The lowest BCUT2D eigenvalue weighted by atomic mass is 10.1. The van der Waals surface area contributed by atoms with Gasteiger partial charge in [0.15, 0.2) is 5.12 Å². The molecule has 0 aromatic rings. The van der Waals surface area contributed by atoms with Gasteiger partial charge in [-0.2, -0.15) is 0 Å². The molecule has 0 rings (SSSR count). The molecule has 0 aliphatic carbocycles. The van der Waals surface area contributed by atoms with Gasteiger partial charge in [-0.3, -0.25) is 28.8 Å². The highest BCUT2D eigenvalue weighted by Crippen LogP contribution is 2.04. The van der Waals surface area contributed by atoms with Crippen LogP contribution < -0.4 is 0 Å². The number of carbonyl (C=O) groups excluding carboxylic acids is 7. The topological polar surface area (TPSA) is 184 Å². The van der Waals surface area contributed by atoms with Crippen molar-refractivity contribution in [3.05, 3.63) is 0 Å². The fourth-order valence-corrected chi connectivity index (χ4v) is 3.66. The van der Waals surface area contributed by atoms with Gasteiger partial charge in [-0.25, -0.2) is 4.79 Å². The number of ether oxygens (including phenoxy) is 7. The summed E-state index contributed by atoms with van der Waals surface area (Å²) in [4.78, 5) is 72.5. The van der Waals surface area contributed by atoms with Crippen molar-refractivity contribution in [2.24, 2.45) is 0 Å². The largest absolute Gasteiger partial charge is 0.508 e. The van der Waals surface area contributed by atoms with Crippen molar-refractivity contribution in [2.45, 2.75) is 200 Å². The molecule has 0 spiro atoms. The van der Waals surface area contributed by atoms with Crippen LogP contribution in [0.4, 0.5) is 4.79 Å². The first-order valence-electron chi connectivity index (χ1n) is 23.2. The Labute approximate surface area is 402 Å². The quantitative estimate of drug-likeness (QED) is 0.0347. The molecule has 0 heterocycles. The number of thioether (sulfide) groups is 2. The van der Waals surface area contributed by atoms with Crippen molar-refractivity contribution in [1.82, 2.24) is 0 Å². The van der Waals surface area contributed by atoms with E-state index in [9.17, 15) is 33.6 Å². The summed E-state index contributed by atoms with van der Waals surface area (Å²) in [6, 6.07) is 0. The zero-order valence-corrected chi connectivity index (χ0v) is 46.5. The van der Waals surface area contributed by atoms with Crippen LogP contribution in [0.3, 0.4) is 0 Å². The van der Waals surface area contributed by atoms with E-state index in [4.69, 9.17) is 4.74 Å². The summed E-state index contributed by atoms with van der Waals surface area (Å²) < 4.78 is 31.0. The zero-order valence-electron chi connectivity index (χ0n) is 44.9. The molecule has 0 N–H and O–H groups in total. The second-order valence-corrected chi connectivity index (χ2v) is 14.7. The third kappa shape index (κ3) is 137. The van der Waals surface area contributed by atoms with E-state index < -0.39 is 12.1 Å². The van der Waals surface area contributed by atoms with Crippen LogP contribution in [-0.4, -0.2) is 114 Å². The molecule has 64 heavy (non-hydrogen) atoms. The molecule has 0 radical (unpaired) electrons. The maximum Gasteiger partial charge on any atom is 0.508 e. The van der Waals surface area contributed by atoms with E-state index in [2.05, 4.69) is 63.0 Å². The fourth-order valence-electron chi connectivity index (χ4n) is 2.79. The summed E-state index contributed by atoms with van der Waals surface area (Å²) in [7, 11) is 7.44. The molecule has 0 aliphatic rings. The molecule has 0 unspecified atom stereocenters. The van der Waals surface area contributed by atoms with E-state index in [1.807, 2.05) is 48.5 Å². The van der Waals surface area contributed by atoms with Crippen molar-refractivity contribution in [3.63, 3.8) is 0 Å². The Hall–Kier alpha value is -2.69. The summed E-state index contributed by atoms with van der Waals surface area (Å²) >= 11 is 2.92. The van der Waals surface area contributed by atoms with E-state index in [1.165, 1.54) is 47.0 Å². The summed E-state index contributed by atoms with van der Waals surface area (Å²) in [6.07, 6.45) is 12.5. The van der Waals surface area contributed by atoms with E-state index in [0.717, 1.165) is 75.0 Å². The number of ketones is 2. The molecule has 0 atom stereocenters. The van der Waals surface area contributed by atoms with Crippen LogP contribution in [0.1, 0.15) is 200 Å². The Balaban J connectivity index is -0.0000000641. The molecule has 0 aliphatic heterocycles. The summed E-state index contributed by atoms with van der Waals surface area (Å²) in [6.45, 7) is 31.3. The molecule has 390 valence electrons. The van der Waals surface area contributed by atoms with Gasteiger partial charge in [0.25, 0.3) is 0 Å². The van der Waals surface area contributed by atoms with Gasteiger partial charge in [-0.15, -0.1) is 11.8 Å². The van der Waals surface area contributed by atoms with E-state index in [1.54, 1.807) is 46.8 Å². The van der Waals surface area contributed by atoms with Crippen molar-refractivity contribution >= 4 is 64.3 Å². The number of rotatable bonds is 21. The minimum Gasteiger partial charge on any atom is -0.469 e. The smallest absolute Gasteiger partial charge is 0.469 e. The molecular weight excluding hydrogens is 865 g/mol. The number of Topliss-reactive ketones (excluding diaryl/α,β-unsaturated/α-hetero) is 2. The van der Waals surface area contributed by atoms with E-state index in [-0.39, 0.29) is 23.5 Å². The lowest BCUT2D eigenvalue weighted by Crippen LogP contribution is -2.06. The standard InChI is InChI=1S/C7H14O.C6H10O3S.C6H12O.C5H10O3.C5H10O2.C5H12.C4H8O2.C4H10OS.C3H8O.C3H8/c1-3-5-7(8)6-4-2;1-3-10-6(8)4-5(7)9-2;1-3-5-6(7)4-2;1-3-7-5(6)8-4-2;1-3-4-5(6)7-2;1-3-5-4-2;1-3-4(5)6-2;1-3-6-4-5-2;1-3-4-2;1-3-2/h3-6H2,1-2H3;3-4H2,1-2H3;3-5H2,1-2H3;3-4H2,1-2H3;3-4H2,1-2H3;3-5H2,1-2H3;3H2,1-2H3;3-4H2,1-2H3;3H2,1-2H3;3H2,1-2H3. The van der Waals surface area contributed by atoms with Crippen LogP contribution >= 0.6 is 23.5 Å². The Morgan fingerprint density at radius 3 is 0.984 bits per heavy atom. The fraction of sp³-hybridized carbons (Fsp3) is 0.854. The van der Waals surface area contributed by atoms with Gasteiger partial charge in [0.1, 0.15) is 18.0 Å². The summed E-state index contributed by atoms with van der Waals surface area (Å²) in [5, 5.41) is -0.130. The third-order valence-corrected chi connectivity index (χ3v) is 7.49. The summed E-state index contributed by atoms with van der Waals surface area (Å²) in [5.74, 6) is 2.72. The van der Waals surface area contributed by atoms with Crippen LogP contribution in [0.25, 0.3) is 0 Å². The van der Waals surface area contributed by atoms with Crippen molar-refractivity contribution in [2.75, 3.05) is 72.8 Å². The average Bonchev–Trinajstić information content (AvgIpc) is 3.28. The molecule has 0 fully saturated rings. The first kappa shape index (κ1) is 84.7. The van der Waals surface area contributed by atoms with Gasteiger partial charge in [-0.05, 0) is 58.0 Å². The molecule has 0 bridgehead atoms. The maximum atomic E-state index is 10.7. The van der Waals surface area contributed by atoms with Gasteiger partial charge in [0, 0.05) is 59.4 Å². The van der Waals surface area contributed by atoms with Crippen molar-refractivity contribution in [3.8, 4) is 0 Å². The Morgan fingerprint density at radius 1 is 0.422 bits per heavy atom. The van der Waals surface area contributed by atoms with Crippen LogP contribution in [0, 0.1) is 0 Å². The molecule has 0 saturated carbocycles. The van der Waals surface area contributed by atoms with Gasteiger partial charge >= 0.3 is 24.1 Å². The number of methoxy groups -OCH3 is 5. The molecule has 16 heteroatoms. The number of unbranched alkanes of at least 4 members (excludes halogenated alkanes) is 2. The van der Waals surface area contributed by atoms with E-state index in [0.29, 0.717) is 49.8 Å². The predicted octanol–water partition coefficient (Wildman–Crippen LogP) is 13.1. The van der Waals surface area contributed by atoms with Crippen LogP contribution in [0.2, 0.25) is 0 Å². The van der Waals surface area contributed by atoms with E-state index >= 15 is 0 Å². The highest BCUT2D eigenvalue weighted by Gasteiger charge is 2.07.